The van der Waals surface area contributed by atoms with Crippen LogP contribution in [-0.4, -0.2) is 11.5 Å². The molecule has 0 nitrogen and oxygen atoms in total. The van der Waals surface area contributed by atoms with Crippen molar-refractivity contribution in [3.8, 4) is 0 Å². The van der Waals surface area contributed by atoms with Gasteiger partial charge in [0.15, 0.2) is 0 Å². The molecule has 4 aromatic rings. The first kappa shape index (κ1) is 15.7. The van der Waals surface area contributed by atoms with Crippen molar-refractivity contribution in [2.45, 2.75) is 13.8 Å². The van der Waals surface area contributed by atoms with Crippen molar-refractivity contribution in [3.63, 3.8) is 0 Å². The van der Waals surface area contributed by atoms with Crippen LogP contribution in [0.4, 0.5) is 0 Å². The number of fused-ring (bicyclic) bond motifs is 2. The van der Waals surface area contributed by atoms with E-state index in [0.29, 0.717) is 0 Å². The molecule has 0 amide bonds. The summed E-state index contributed by atoms with van der Waals surface area (Å²) in [7, 11) is 0. The molecule has 5 rings (SSSR count). The molecule has 0 N–H and O–H groups in total. The Balaban J connectivity index is 1.75. The zero-order valence-corrected chi connectivity index (χ0v) is 16.7. The van der Waals surface area contributed by atoms with E-state index in [1.807, 2.05) is 22.7 Å². The summed E-state index contributed by atoms with van der Waals surface area (Å²) in [4.78, 5) is 3.00. The van der Waals surface area contributed by atoms with Crippen LogP contribution in [0.1, 0.15) is 20.9 Å². The van der Waals surface area contributed by atoms with Crippen molar-refractivity contribution in [1.29, 1.82) is 0 Å². The number of aryl methyl sites for hydroxylation is 2. The van der Waals surface area contributed by atoms with Crippen LogP contribution in [0.15, 0.2) is 48.5 Å². The van der Waals surface area contributed by atoms with Gasteiger partial charge < -0.3 is 0 Å². The lowest BCUT2D eigenvalue weighted by atomic mass is 10.0. The van der Waals surface area contributed by atoms with Crippen LogP contribution in [0.2, 0.25) is 0 Å². The van der Waals surface area contributed by atoms with Crippen molar-refractivity contribution >= 4 is 65.8 Å². The molecule has 2 aromatic carbocycles. The van der Waals surface area contributed by atoms with Crippen LogP contribution >= 0.6 is 34.4 Å². The number of rotatable bonds is 2. The molecule has 0 bridgehead atoms. The van der Waals surface area contributed by atoms with E-state index in [2.05, 4.69) is 74.1 Å². The second kappa shape index (κ2) is 6.01. The number of thioether (sulfide) groups is 1. The SMILES string of the molecule is Cc1c(C2=C(c3sc4ccccc4c3C)CSC2)sc2ccccc12. The lowest BCUT2D eigenvalue weighted by Crippen LogP contribution is -1.89. The molecule has 3 heteroatoms. The van der Waals surface area contributed by atoms with Gasteiger partial charge in [0, 0.05) is 30.7 Å². The fourth-order valence-electron chi connectivity index (χ4n) is 3.76. The lowest BCUT2D eigenvalue weighted by Gasteiger charge is -2.06. The first-order valence-corrected chi connectivity index (χ1v) is 11.3. The molecule has 0 saturated heterocycles. The van der Waals surface area contributed by atoms with Gasteiger partial charge in [-0.1, -0.05) is 36.4 Å². The van der Waals surface area contributed by atoms with Gasteiger partial charge >= 0.3 is 0 Å². The van der Waals surface area contributed by atoms with Gasteiger partial charge in [0.25, 0.3) is 0 Å². The van der Waals surface area contributed by atoms with Gasteiger partial charge in [0.05, 0.1) is 0 Å². The second-order valence-electron chi connectivity index (χ2n) is 6.55. The fourth-order valence-corrected chi connectivity index (χ4v) is 7.65. The normalized spacial score (nSPS) is 15.0. The molecule has 0 spiro atoms. The average molecular weight is 379 g/mol. The Morgan fingerprint density at radius 3 is 1.52 bits per heavy atom. The average Bonchev–Trinajstić information content (AvgIpc) is 3.32. The van der Waals surface area contributed by atoms with Crippen LogP contribution in [0.3, 0.4) is 0 Å². The van der Waals surface area contributed by atoms with Gasteiger partial charge in [0.2, 0.25) is 0 Å². The summed E-state index contributed by atoms with van der Waals surface area (Å²) in [5.74, 6) is 2.27. The molecule has 2 aromatic heterocycles. The first-order chi connectivity index (χ1) is 12.2. The van der Waals surface area contributed by atoms with Crippen molar-refractivity contribution in [1.82, 2.24) is 0 Å². The molecule has 124 valence electrons. The van der Waals surface area contributed by atoms with E-state index in [4.69, 9.17) is 0 Å². The highest BCUT2D eigenvalue weighted by Crippen LogP contribution is 2.47. The number of hydrogen-bond acceptors (Lipinski definition) is 3. The Bertz CT molecular complexity index is 1050. The van der Waals surface area contributed by atoms with Crippen LogP contribution in [0, 0.1) is 13.8 Å². The van der Waals surface area contributed by atoms with E-state index < -0.39 is 0 Å². The molecule has 0 radical (unpaired) electrons. The Labute approximate surface area is 160 Å². The van der Waals surface area contributed by atoms with Crippen LogP contribution < -0.4 is 0 Å². The number of benzene rings is 2. The minimum absolute atomic E-state index is 1.14. The minimum Gasteiger partial charge on any atom is -0.152 e. The quantitative estimate of drug-likeness (QED) is 0.350. The highest BCUT2D eigenvalue weighted by atomic mass is 32.2. The Kier molecular flexibility index (Phi) is 3.77. The Morgan fingerprint density at radius 1 is 0.640 bits per heavy atom. The molecule has 0 aliphatic carbocycles. The van der Waals surface area contributed by atoms with Crippen LogP contribution in [-0.2, 0) is 0 Å². The van der Waals surface area contributed by atoms with Gasteiger partial charge in [0.1, 0.15) is 0 Å². The molecule has 0 unspecified atom stereocenters. The highest BCUT2D eigenvalue weighted by molar-refractivity contribution is 8.00. The summed E-state index contributed by atoms with van der Waals surface area (Å²) in [5.41, 5.74) is 6.04. The molecule has 3 heterocycles. The standard InChI is InChI=1S/C22H18S3/c1-13-15-7-3-5-9-19(15)24-21(13)17-11-23-12-18(17)22-14(2)16-8-4-6-10-20(16)25-22/h3-10H,11-12H2,1-2H3. The maximum absolute atomic E-state index is 2.29. The van der Waals surface area contributed by atoms with Gasteiger partial charge in [-0.05, 0) is 59.0 Å². The smallest absolute Gasteiger partial charge is 0.0356 e. The maximum Gasteiger partial charge on any atom is 0.0356 e. The predicted octanol–water partition coefficient (Wildman–Crippen LogP) is 7.39. The van der Waals surface area contributed by atoms with Gasteiger partial charge in [-0.3, -0.25) is 0 Å². The molecule has 1 aliphatic heterocycles. The maximum atomic E-state index is 2.29. The largest absolute Gasteiger partial charge is 0.152 e. The van der Waals surface area contributed by atoms with Crippen molar-refractivity contribution in [2.75, 3.05) is 11.5 Å². The fraction of sp³-hybridized carbons (Fsp3) is 0.182. The lowest BCUT2D eigenvalue weighted by molar-refractivity contribution is 1.52. The molecule has 1 aliphatic rings. The molecular weight excluding hydrogens is 360 g/mol. The molecule has 25 heavy (non-hydrogen) atoms. The van der Waals surface area contributed by atoms with Gasteiger partial charge in [-0.2, -0.15) is 11.8 Å². The summed E-state index contributed by atoms with van der Waals surface area (Å²) in [5, 5.41) is 2.83. The van der Waals surface area contributed by atoms with Gasteiger partial charge in [-0.25, -0.2) is 0 Å². The summed E-state index contributed by atoms with van der Waals surface area (Å²) in [6.45, 7) is 4.58. The van der Waals surface area contributed by atoms with E-state index in [-0.39, 0.29) is 0 Å². The Morgan fingerprint density at radius 2 is 1.08 bits per heavy atom. The van der Waals surface area contributed by atoms with E-state index in [0.717, 1.165) is 11.5 Å². The number of thiophene rings is 2. The van der Waals surface area contributed by atoms with E-state index >= 15 is 0 Å². The van der Waals surface area contributed by atoms with Gasteiger partial charge in [-0.15, -0.1) is 22.7 Å². The third-order valence-electron chi connectivity index (χ3n) is 5.09. The summed E-state index contributed by atoms with van der Waals surface area (Å²) >= 11 is 5.99. The molecular formula is C22H18S3. The molecule has 0 fully saturated rings. The van der Waals surface area contributed by atoms with E-state index in [9.17, 15) is 0 Å². The minimum atomic E-state index is 1.14. The third kappa shape index (κ3) is 2.41. The molecule has 0 atom stereocenters. The third-order valence-corrected chi connectivity index (χ3v) is 8.74. The second-order valence-corrected chi connectivity index (χ2v) is 9.64. The highest BCUT2D eigenvalue weighted by Gasteiger charge is 2.24. The van der Waals surface area contributed by atoms with Crippen LogP contribution in [0.25, 0.3) is 31.3 Å². The first-order valence-electron chi connectivity index (χ1n) is 8.51. The topological polar surface area (TPSA) is 0 Å². The van der Waals surface area contributed by atoms with Crippen LogP contribution in [0.5, 0.6) is 0 Å². The number of hydrogen-bond donors (Lipinski definition) is 0. The van der Waals surface area contributed by atoms with Crippen molar-refractivity contribution < 1.29 is 0 Å². The molecule has 0 saturated carbocycles. The van der Waals surface area contributed by atoms with E-state index in [1.54, 1.807) is 11.1 Å². The van der Waals surface area contributed by atoms with Crippen molar-refractivity contribution in [3.05, 3.63) is 69.4 Å². The zero-order chi connectivity index (χ0) is 17.0. The van der Waals surface area contributed by atoms with Crippen molar-refractivity contribution in [2.24, 2.45) is 0 Å². The Hall–Kier alpha value is -1.55. The predicted molar refractivity (Wildman–Crippen MR) is 117 cm³/mol. The summed E-state index contributed by atoms with van der Waals surface area (Å²) in [6, 6.07) is 17.6. The van der Waals surface area contributed by atoms with E-state index in [1.165, 1.54) is 41.1 Å². The summed E-state index contributed by atoms with van der Waals surface area (Å²) in [6.07, 6.45) is 0. The zero-order valence-electron chi connectivity index (χ0n) is 14.3. The monoisotopic (exact) mass is 378 g/mol. The summed E-state index contributed by atoms with van der Waals surface area (Å²) < 4.78 is 2.82.